The van der Waals surface area contributed by atoms with Crippen LogP contribution in [-0.4, -0.2) is 23.6 Å². The summed E-state index contributed by atoms with van der Waals surface area (Å²) >= 11 is 0. The number of aliphatic carboxylic acids is 1. The number of aryl methyl sites for hydroxylation is 1. The predicted octanol–water partition coefficient (Wildman–Crippen LogP) is 2.32. The molecular weight excluding hydrogens is 294 g/mol. The molecule has 0 aliphatic carbocycles. The number of carbonyl (C=O) groups excluding carboxylic acids is 1. The zero-order valence-corrected chi connectivity index (χ0v) is 12.9. The van der Waals surface area contributed by atoms with E-state index in [0.29, 0.717) is 17.9 Å². The van der Waals surface area contributed by atoms with Gasteiger partial charge in [-0.15, -0.1) is 0 Å². The van der Waals surface area contributed by atoms with Crippen molar-refractivity contribution >= 4 is 11.9 Å². The number of carboxylic acid groups (broad SMARTS) is 1. The van der Waals surface area contributed by atoms with Gasteiger partial charge in [-0.3, -0.25) is 9.59 Å². The highest BCUT2D eigenvalue weighted by Gasteiger charge is 2.05. The summed E-state index contributed by atoms with van der Waals surface area (Å²) in [6, 6.07) is 14.5. The quantitative estimate of drug-likeness (QED) is 0.822. The summed E-state index contributed by atoms with van der Waals surface area (Å²) in [5.41, 5.74) is 2.88. The second kappa shape index (κ2) is 7.98. The number of carboxylic acids is 1. The number of carbonyl (C=O) groups is 2. The van der Waals surface area contributed by atoms with E-state index < -0.39 is 5.97 Å². The van der Waals surface area contributed by atoms with E-state index in [9.17, 15) is 9.59 Å². The molecule has 2 rings (SSSR count). The third-order valence-corrected chi connectivity index (χ3v) is 3.39. The van der Waals surface area contributed by atoms with Gasteiger partial charge in [-0.1, -0.05) is 36.4 Å². The molecule has 0 radical (unpaired) electrons. The van der Waals surface area contributed by atoms with E-state index in [1.54, 1.807) is 24.3 Å². The van der Waals surface area contributed by atoms with Crippen LogP contribution in [-0.2, 0) is 22.6 Å². The predicted molar refractivity (Wildman–Crippen MR) is 86.3 cm³/mol. The first kappa shape index (κ1) is 16.5. The molecule has 0 aliphatic heterocycles. The molecule has 0 spiro atoms. The first-order valence-corrected chi connectivity index (χ1v) is 7.29. The molecule has 0 saturated heterocycles. The summed E-state index contributed by atoms with van der Waals surface area (Å²) in [6.07, 6.45) is -0.0306. The summed E-state index contributed by atoms with van der Waals surface area (Å²) in [5, 5.41) is 11.5. The van der Waals surface area contributed by atoms with E-state index in [1.807, 2.05) is 31.2 Å². The van der Waals surface area contributed by atoms with Gasteiger partial charge in [0.25, 0.3) is 5.91 Å². The van der Waals surface area contributed by atoms with Crippen LogP contribution < -0.4 is 10.1 Å². The third-order valence-electron chi connectivity index (χ3n) is 3.39. The van der Waals surface area contributed by atoms with Crippen LogP contribution in [0.2, 0.25) is 0 Å². The topological polar surface area (TPSA) is 75.6 Å². The van der Waals surface area contributed by atoms with Crippen molar-refractivity contribution in [3.05, 3.63) is 65.2 Å². The number of rotatable bonds is 7. The molecule has 0 aromatic heterocycles. The second-order valence-electron chi connectivity index (χ2n) is 5.21. The van der Waals surface area contributed by atoms with Crippen molar-refractivity contribution < 1.29 is 19.4 Å². The summed E-state index contributed by atoms with van der Waals surface area (Å²) in [6.45, 7) is 2.38. The van der Waals surface area contributed by atoms with Crippen molar-refractivity contribution in [2.24, 2.45) is 0 Å². The molecule has 1 amide bonds. The number of benzene rings is 2. The van der Waals surface area contributed by atoms with Crippen molar-refractivity contribution in [2.75, 3.05) is 6.61 Å². The molecular formula is C18H19NO4. The highest BCUT2D eigenvalue weighted by Crippen LogP contribution is 2.12. The largest absolute Gasteiger partial charge is 0.484 e. The number of hydrogen-bond acceptors (Lipinski definition) is 3. The first-order chi connectivity index (χ1) is 11.0. The Balaban J connectivity index is 1.78. The highest BCUT2D eigenvalue weighted by molar-refractivity contribution is 5.77. The van der Waals surface area contributed by atoms with Gasteiger partial charge in [-0.05, 0) is 35.7 Å². The number of amides is 1. The average molecular weight is 313 g/mol. The van der Waals surface area contributed by atoms with Crippen molar-refractivity contribution in [1.82, 2.24) is 5.32 Å². The molecule has 2 aromatic rings. The average Bonchev–Trinajstić information content (AvgIpc) is 2.53. The lowest BCUT2D eigenvalue weighted by Crippen LogP contribution is -2.28. The van der Waals surface area contributed by atoms with Gasteiger partial charge in [-0.2, -0.15) is 0 Å². The molecule has 2 aromatic carbocycles. The van der Waals surface area contributed by atoms with E-state index in [4.69, 9.17) is 9.84 Å². The van der Waals surface area contributed by atoms with E-state index in [-0.39, 0.29) is 18.9 Å². The van der Waals surface area contributed by atoms with Gasteiger partial charge in [0.2, 0.25) is 0 Å². The molecule has 0 aliphatic rings. The van der Waals surface area contributed by atoms with E-state index in [0.717, 1.165) is 11.1 Å². The molecule has 0 unspecified atom stereocenters. The van der Waals surface area contributed by atoms with Gasteiger partial charge in [0.15, 0.2) is 6.61 Å². The molecule has 5 nitrogen and oxygen atoms in total. The molecule has 23 heavy (non-hydrogen) atoms. The van der Waals surface area contributed by atoms with Crippen LogP contribution in [0.5, 0.6) is 5.75 Å². The van der Waals surface area contributed by atoms with E-state index in [2.05, 4.69) is 5.32 Å². The van der Waals surface area contributed by atoms with Crippen molar-refractivity contribution in [3.8, 4) is 5.75 Å². The summed E-state index contributed by atoms with van der Waals surface area (Å²) in [4.78, 5) is 22.4. The van der Waals surface area contributed by atoms with Crippen LogP contribution in [0.15, 0.2) is 48.5 Å². The second-order valence-corrected chi connectivity index (χ2v) is 5.21. The Morgan fingerprint density at radius 1 is 1.09 bits per heavy atom. The van der Waals surface area contributed by atoms with Gasteiger partial charge in [0.05, 0.1) is 6.42 Å². The minimum Gasteiger partial charge on any atom is -0.484 e. The zero-order valence-electron chi connectivity index (χ0n) is 12.9. The van der Waals surface area contributed by atoms with Crippen LogP contribution in [0, 0.1) is 6.92 Å². The lowest BCUT2D eigenvalue weighted by molar-refractivity contribution is -0.136. The highest BCUT2D eigenvalue weighted by atomic mass is 16.5. The van der Waals surface area contributed by atoms with Crippen molar-refractivity contribution in [1.29, 1.82) is 0 Å². The van der Waals surface area contributed by atoms with Gasteiger partial charge in [-0.25, -0.2) is 0 Å². The molecule has 0 saturated carbocycles. The van der Waals surface area contributed by atoms with Crippen LogP contribution in [0.1, 0.15) is 16.7 Å². The standard InChI is InChI=1S/C18H19NO4/c1-13-4-2-3-5-15(13)11-19-17(20)12-23-16-8-6-14(7-9-16)10-18(21)22/h2-9H,10-12H2,1H3,(H,19,20)(H,21,22). The van der Waals surface area contributed by atoms with Crippen molar-refractivity contribution in [3.63, 3.8) is 0 Å². The molecule has 0 atom stereocenters. The maximum absolute atomic E-state index is 11.8. The summed E-state index contributed by atoms with van der Waals surface area (Å²) in [7, 11) is 0. The molecule has 0 bridgehead atoms. The Morgan fingerprint density at radius 3 is 2.43 bits per heavy atom. The van der Waals surface area contributed by atoms with E-state index in [1.165, 1.54) is 0 Å². The maximum Gasteiger partial charge on any atom is 0.307 e. The molecule has 0 heterocycles. The Hall–Kier alpha value is -2.82. The lowest BCUT2D eigenvalue weighted by atomic mass is 10.1. The minimum absolute atomic E-state index is 0.0306. The normalized spacial score (nSPS) is 10.1. The van der Waals surface area contributed by atoms with Crippen molar-refractivity contribution in [2.45, 2.75) is 19.9 Å². The Kier molecular flexibility index (Phi) is 5.74. The Labute approximate surface area is 134 Å². The molecule has 2 N–H and O–H groups in total. The van der Waals surface area contributed by atoms with Crippen LogP contribution in [0.25, 0.3) is 0 Å². The van der Waals surface area contributed by atoms with Gasteiger partial charge in [0, 0.05) is 6.54 Å². The molecule has 0 fully saturated rings. The number of ether oxygens (including phenoxy) is 1. The summed E-state index contributed by atoms with van der Waals surface area (Å²) < 4.78 is 5.39. The minimum atomic E-state index is -0.880. The summed E-state index contributed by atoms with van der Waals surface area (Å²) in [5.74, 6) is -0.553. The number of nitrogens with one attached hydrogen (secondary N) is 1. The van der Waals surface area contributed by atoms with Crippen LogP contribution in [0.4, 0.5) is 0 Å². The fraction of sp³-hybridized carbons (Fsp3) is 0.222. The first-order valence-electron chi connectivity index (χ1n) is 7.29. The fourth-order valence-corrected chi connectivity index (χ4v) is 2.08. The Morgan fingerprint density at radius 2 is 1.78 bits per heavy atom. The van der Waals surface area contributed by atoms with Gasteiger partial charge in [0.1, 0.15) is 5.75 Å². The number of hydrogen-bond donors (Lipinski definition) is 2. The maximum atomic E-state index is 11.8. The Bertz CT molecular complexity index is 680. The lowest BCUT2D eigenvalue weighted by Gasteiger charge is -2.09. The molecule has 120 valence electrons. The molecule has 5 heteroatoms. The monoisotopic (exact) mass is 313 g/mol. The van der Waals surface area contributed by atoms with Crippen LogP contribution >= 0.6 is 0 Å². The van der Waals surface area contributed by atoms with E-state index >= 15 is 0 Å². The SMILES string of the molecule is Cc1ccccc1CNC(=O)COc1ccc(CC(=O)O)cc1. The smallest absolute Gasteiger partial charge is 0.307 e. The van der Waals surface area contributed by atoms with Gasteiger partial charge >= 0.3 is 5.97 Å². The van der Waals surface area contributed by atoms with Crippen LogP contribution in [0.3, 0.4) is 0 Å². The fourth-order valence-electron chi connectivity index (χ4n) is 2.08. The third kappa shape index (κ3) is 5.47. The zero-order chi connectivity index (χ0) is 16.7. The van der Waals surface area contributed by atoms with Gasteiger partial charge < -0.3 is 15.2 Å².